The van der Waals surface area contributed by atoms with Gasteiger partial charge in [-0.05, 0) is 63.4 Å². The number of hydrogen-bond donors (Lipinski definition) is 2. The smallest absolute Gasteiger partial charge is 0.256 e. The average molecular weight is 509 g/mol. The Balaban J connectivity index is 1.28. The van der Waals surface area contributed by atoms with Crippen molar-refractivity contribution in [3.05, 3.63) is 76.5 Å². The maximum Gasteiger partial charge on any atom is 0.256 e. The predicted octanol–water partition coefficient (Wildman–Crippen LogP) is 3.51. The summed E-state index contributed by atoms with van der Waals surface area (Å²) in [5, 5.41) is 10.1. The van der Waals surface area contributed by atoms with Crippen molar-refractivity contribution < 1.29 is 18.4 Å². The van der Waals surface area contributed by atoms with Crippen molar-refractivity contribution in [3.63, 3.8) is 0 Å². The topological polar surface area (TPSA) is 84.6 Å². The molecule has 1 aromatic heterocycles. The number of amides is 2. The molecule has 0 atom stereocenters. The highest BCUT2D eigenvalue weighted by atomic mass is 19.1. The van der Waals surface area contributed by atoms with E-state index in [1.54, 1.807) is 17.0 Å². The third-order valence-corrected chi connectivity index (χ3v) is 7.35. The van der Waals surface area contributed by atoms with Crippen molar-refractivity contribution >= 4 is 23.3 Å². The van der Waals surface area contributed by atoms with Gasteiger partial charge in [-0.15, -0.1) is 0 Å². The molecule has 0 bridgehead atoms. The molecule has 0 saturated carbocycles. The molecule has 8 nitrogen and oxygen atoms in total. The summed E-state index contributed by atoms with van der Waals surface area (Å²) < 4.78 is 27.7. The fraction of sp³-hybridized carbons (Fsp3) is 0.370. The quantitative estimate of drug-likeness (QED) is 0.551. The van der Waals surface area contributed by atoms with Crippen LogP contribution in [-0.2, 0) is 23.3 Å². The number of nitrogens with one attached hydrogen (secondary N) is 2. The molecule has 1 fully saturated rings. The van der Waals surface area contributed by atoms with E-state index in [4.69, 9.17) is 0 Å². The average Bonchev–Trinajstić information content (AvgIpc) is 3.39. The molecule has 5 rings (SSSR count). The minimum absolute atomic E-state index is 0.00281. The highest BCUT2D eigenvalue weighted by Crippen LogP contribution is 2.41. The highest BCUT2D eigenvalue weighted by Gasteiger charge is 2.43. The Morgan fingerprint density at radius 1 is 1.05 bits per heavy atom. The second kappa shape index (κ2) is 9.59. The van der Waals surface area contributed by atoms with Crippen molar-refractivity contribution in [3.8, 4) is 0 Å². The number of rotatable bonds is 5. The Morgan fingerprint density at radius 3 is 2.46 bits per heavy atom. The largest absolute Gasteiger partial charge is 0.369 e. The summed E-state index contributed by atoms with van der Waals surface area (Å²) >= 11 is 0. The lowest BCUT2D eigenvalue weighted by Gasteiger charge is -2.34. The van der Waals surface area contributed by atoms with Gasteiger partial charge in [-0.2, -0.15) is 5.10 Å². The van der Waals surface area contributed by atoms with Gasteiger partial charge in [-0.25, -0.2) is 8.78 Å². The molecule has 2 aliphatic heterocycles. The van der Waals surface area contributed by atoms with E-state index >= 15 is 0 Å². The van der Waals surface area contributed by atoms with Crippen LogP contribution in [0.5, 0.6) is 0 Å². The summed E-state index contributed by atoms with van der Waals surface area (Å²) in [6, 6.07) is 10.6. The first-order chi connectivity index (χ1) is 17.6. The van der Waals surface area contributed by atoms with Crippen LogP contribution in [0.4, 0.5) is 20.3 Å². The number of fused-ring (bicyclic) bond motifs is 1. The lowest BCUT2D eigenvalue weighted by atomic mass is 10.00. The first-order valence-electron chi connectivity index (χ1n) is 12.3. The van der Waals surface area contributed by atoms with E-state index in [9.17, 15) is 18.4 Å². The van der Waals surface area contributed by atoms with Crippen molar-refractivity contribution in [2.24, 2.45) is 0 Å². The molecule has 0 radical (unpaired) electrons. The maximum atomic E-state index is 14.1. The zero-order valence-corrected chi connectivity index (χ0v) is 21.1. The van der Waals surface area contributed by atoms with Crippen LogP contribution in [-0.4, -0.2) is 65.0 Å². The number of aromatic nitrogens is 2. The molecule has 2 aliphatic rings. The number of nitrogens with zero attached hydrogens (tertiary/aromatic N) is 4. The number of anilines is 2. The Morgan fingerprint density at radius 2 is 1.76 bits per heavy atom. The molecular weight excluding hydrogens is 478 g/mol. The van der Waals surface area contributed by atoms with E-state index in [0.717, 1.165) is 50.1 Å². The normalized spacial score (nSPS) is 17.1. The highest BCUT2D eigenvalue weighted by molar-refractivity contribution is 6.04. The summed E-state index contributed by atoms with van der Waals surface area (Å²) in [4.78, 5) is 32.3. The van der Waals surface area contributed by atoms with Crippen molar-refractivity contribution in [2.75, 3.05) is 43.4 Å². The van der Waals surface area contributed by atoms with E-state index < -0.39 is 17.2 Å². The summed E-state index contributed by atoms with van der Waals surface area (Å²) in [6.45, 7) is 7.77. The van der Waals surface area contributed by atoms with Crippen LogP contribution in [0.25, 0.3) is 0 Å². The Hall–Kier alpha value is -3.79. The van der Waals surface area contributed by atoms with Gasteiger partial charge in [0, 0.05) is 48.6 Å². The van der Waals surface area contributed by atoms with Gasteiger partial charge in [0.2, 0.25) is 5.91 Å². The van der Waals surface area contributed by atoms with Crippen LogP contribution >= 0.6 is 0 Å². The van der Waals surface area contributed by atoms with Gasteiger partial charge in [0.1, 0.15) is 11.6 Å². The summed E-state index contributed by atoms with van der Waals surface area (Å²) in [7, 11) is 2.11. The van der Waals surface area contributed by atoms with Gasteiger partial charge in [-0.1, -0.05) is 0 Å². The summed E-state index contributed by atoms with van der Waals surface area (Å²) in [5.74, 6) is -1.53. The fourth-order valence-electron chi connectivity index (χ4n) is 5.02. The van der Waals surface area contributed by atoms with Crippen LogP contribution in [0.3, 0.4) is 0 Å². The number of halogens is 2. The third kappa shape index (κ3) is 4.81. The zero-order chi connectivity index (χ0) is 26.3. The monoisotopic (exact) mass is 508 g/mol. The zero-order valence-electron chi connectivity index (χ0n) is 21.1. The van der Waals surface area contributed by atoms with Gasteiger partial charge in [0.25, 0.3) is 5.91 Å². The second-order valence-corrected chi connectivity index (χ2v) is 10.2. The van der Waals surface area contributed by atoms with Crippen molar-refractivity contribution in [2.45, 2.75) is 32.4 Å². The van der Waals surface area contributed by atoms with E-state index in [1.807, 2.05) is 26.0 Å². The number of aromatic amines is 1. The molecule has 3 aromatic rings. The minimum atomic E-state index is -0.768. The molecule has 2 N–H and O–H groups in total. The van der Waals surface area contributed by atoms with Gasteiger partial charge in [0.15, 0.2) is 5.82 Å². The van der Waals surface area contributed by atoms with Crippen molar-refractivity contribution in [1.82, 2.24) is 20.0 Å². The molecule has 0 aliphatic carbocycles. The molecule has 194 valence electrons. The number of hydrogen-bond acceptors (Lipinski definition) is 5. The minimum Gasteiger partial charge on any atom is -0.369 e. The van der Waals surface area contributed by atoms with Crippen LogP contribution in [0.1, 0.15) is 41.0 Å². The van der Waals surface area contributed by atoms with Crippen LogP contribution < -0.4 is 10.2 Å². The van der Waals surface area contributed by atoms with E-state index in [0.29, 0.717) is 22.6 Å². The standard InChI is InChI=1S/C27H30F2N6O2/c1-27(2)24-21(16-35(27)23(36)15-18-14-19(28)6-9-22(18)29)25(32-31-24)30-26(37)17-4-7-20(8-5-17)34-12-10-33(3)11-13-34/h4-9,14H,10-13,15-16H2,1-3H3,(H2,30,31,32,37). The van der Waals surface area contributed by atoms with Gasteiger partial charge in [0.05, 0.1) is 24.2 Å². The van der Waals surface area contributed by atoms with Gasteiger partial charge in [-0.3, -0.25) is 14.7 Å². The number of carbonyl (C=O) groups excluding carboxylic acids is 2. The molecule has 1 saturated heterocycles. The maximum absolute atomic E-state index is 14.1. The molecule has 2 aromatic carbocycles. The Bertz CT molecular complexity index is 1330. The number of benzene rings is 2. The Kier molecular flexibility index (Phi) is 6.45. The SMILES string of the molecule is CN1CCN(c2ccc(C(=O)Nc3n[nH]c4c3CN(C(=O)Cc3cc(F)ccc3F)C4(C)C)cc2)CC1. The second-order valence-electron chi connectivity index (χ2n) is 10.2. The number of carbonyl (C=O) groups is 2. The van der Waals surface area contributed by atoms with E-state index in [2.05, 4.69) is 32.4 Å². The fourth-order valence-corrected chi connectivity index (χ4v) is 5.02. The van der Waals surface area contributed by atoms with Crippen molar-refractivity contribution in [1.29, 1.82) is 0 Å². The van der Waals surface area contributed by atoms with Crippen LogP contribution in [0, 0.1) is 11.6 Å². The molecule has 3 heterocycles. The van der Waals surface area contributed by atoms with Gasteiger partial charge < -0.3 is 20.0 Å². The lowest BCUT2D eigenvalue weighted by Crippen LogP contribution is -2.44. The molecule has 10 heteroatoms. The van der Waals surface area contributed by atoms with E-state index in [1.165, 1.54) is 0 Å². The van der Waals surface area contributed by atoms with Gasteiger partial charge >= 0.3 is 0 Å². The Labute approximate surface area is 214 Å². The molecule has 2 amide bonds. The molecule has 37 heavy (non-hydrogen) atoms. The van der Waals surface area contributed by atoms with Crippen LogP contribution in [0.2, 0.25) is 0 Å². The number of piperazine rings is 1. The number of H-pyrrole nitrogens is 1. The molecule has 0 spiro atoms. The first-order valence-corrected chi connectivity index (χ1v) is 12.3. The molecule has 0 unspecified atom stereocenters. The molecular formula is C27H30F2N6O2. The summed E-state index contributed by atoms with van der Waals surface area (Å²) in [5.41, 5.74) is 2.21. The lowest BCUT2D eigenvalue weighted by molar-refractivity contribution is -0.136. The summed E-state index contributed by atoms with van der Waals surface area (Å²) in [6.07, 6.45) is -0.272. The number of likely N-dealkylation sites (N-methyl/N-ethyl adjacent to an activating group) is 1. The first kappa shape index (κ1) is 24.9. The predicted molar refractivity (Wildman–Crippen MR) is 136 cm³/mol. The third-order valence-electron chi connectivity index (χ3n) is 7.35. The van der Waals surface area contributed by atoms with E-state index in [-0.39, 0.29) is 30.3 Å². The van der Waals surface area contributed by atoms with Crippen LogP contribution in [0.15, 0.2) is 42.5 Å².